The summed E-state index contributed by atoms with van der Waals surface area (Å²) in [5, 5.41) is 0. The minimum atomic E-state index is 0.0215. The van der Waals surface area contributed by atoms with Crippen LogP contribution in [0.15, 0.2) is 42.5 Å². The Bertz CT molecular complexity index is 1020. The lowest BCUT2D eigenvalue weighted by Crippen LogP contribution is -2.49. The van der Waals surface area contributed by atoms with E-state index in [2.05, 4.69) is 39.8 Å². The number of rotatable bonds is 6. The molecule has 2 aliphatic rings. The third kappa shape index (κ3) is 6.16. The second-order valence-corrected chi connectivity index (χ2v) is 10.1. The number of ether oxygens (including phenoxy) is 2. The number of aryl methyl sites for hydroxylation is 2. The molecular weight excluding hydrogens is 440 g/mol. The molecular formula is C29H38N2O4. The van der Waals surface area contributed by atoms with Crippen molar-refractivity contribution in [2.45, 2.75) is 78.0 Å². The molecule has 2 unspecified atom stereocenters. The molecule has 4 rings (SSSR count). The maximum absolute atomic E-state index is 13.0. The van der Waals surface area contributed by atoms with Crippen molar-refractivity contribution in [2.75, 3.05) is 19.7 Å². The summed E-state index contributed by atoms with van der Waals surface area (Å²) in [5.41, 5.74) is 3.12. The van der Waals surface area contributed by atoms with E-state index in [0.29, 0.717) is 24.4 Å². The number of amides is 2. The van der Waals surface area contributed by atoms with Crippen molar-refractivity contribution < 1.29 is 19.1 Å². The summed E-state index contributed by atoms with van der Waals surface area (Å²) >= 11 is 0. The molecule has 188 valence electrons. The average Bonchev–Trinajstić information content (AvgIpc) is 2.85. The minimum absolute atomic E-state index is 0.0215. The van der Waals surface area contributed by atoms with Gasteiger partial charge in [0.15, 0.2) is 6.61 Å². The van der Waals surface area contributed by atoms with Crippen LogP contribution in [0.25, 0.3) is 0 Å². The first kappa shape index (κ1) is 25.1. The zero-order valence-electron chi connectivity index (χ0n) is 21.5. The van der Waals surface area contributed by atoms with E-state index in [0.717, 1.165) is 31.4 Å². The molecule has 0 spiro atoms. The SMILES string of the molecule is Cc1ccc(OC2CCN(C(=O)c3ccc(OCC(=O)N4C(C)CCCC4C)cc3)CC2)cc1C. The average molecular weight is 479 g/mol. The van der Waals surface area contributed by atoms with Gasteiger partial charge in [-0.1, -0.05) is 6.07 Å². The van der Waals surface area contributed by atoms with Gasteiger partial charge < -0.3 is 19.3 Å². The van der Waals surface area contributed by atoms with Crippen LogP contribution < -0.4 is 9.47 Å². The van der Waals surface area contributed by atoms with Gasteiger partial charge >= 0.3 is 0 Å². The maximum atomic E-state index is 13.0. The first-order valence-corrected chi connectivity index (χ1v) is 12.9. The first-order chi connectivity index (χ1) is 16.8. The van der Waals surface area contributed by atoms with Crippen molar-refractivity contribution in [3.05, 3.63) is 59.2 Å². The predicted octanol–water partition coefficient (Wildman–Crippen LogP) is 5.16. The Morgan fingerprint density at radius 3 is 2.11 bits per heavy atom. The first-order valence-electron chi connectivity index (χ1n) is 12.9. The smallest absolute Gasteiger partial charge is 0.260 e. The highest BCUT2D eigenvalue weighted by Crippen LogP contribution is 2.24. The summed E-state index contributed by atoms with van der Waals surface area (Å²) in [5.74, 6) is 1.55. The Kier molecular flexibility index (Phi) is 7.99. The quantitative estimate of drug-likeness (QED) is 0.576. The van der Waals surface area contributed by atoms with Crippen LogP contribution in [0.5, 0.6) is 11.5 Å². The molecule has 0 radical (unpaired) electrons. The summed E-state index contributed by atoms with van der Waals surface area (Å²) in [6.07, 6.45) is 5.01. The van der Waals surface area contributed by atoms with Gasteiger partial charge in [-0.05, 0) is 94.5 Å². The molecule has 35 heavy (non-hydrogen) atoms. The van der Waals surface area contributed by atoms with Crippen LogP contribution in [0.1, 0.15) is 67.4 Å². The summed E-state index contributed by atoms with van der Waals surface area (Å²) in [4.78, 5) is 29.5. The lowest BCUT2D eigenvalue weighted by Gasteiger charge is -2.38. The van der Waals surface area contributed by atoms with E-state index < -0.39 is 0 Å². The van der Waals surface area contributed by atoms with E-state index in [1.54, 1.807) is 24.3 Å². The fourth-order valence-electron chi connectivity index (χ4n) is 5.17. The number of likely N-dealkylation sites (tertiary alicyclic amines) is 2. The normalized spacial score (nSPS) is 21.0. The predicted molar refractivity (Wildman–Crippen MR) is 137 cm³/mol. The van der Waals surface area contributed by atoms with Crippen LogP contribution in [0.4, 0.5) is 0 Å². The van der Waals surface area contributed by atoms with E-state index in [-0.39, 0.29) is 36.6 Å². The molecule has 2 saturated heterocycles. The molecule has 2 aliphatic heterocycles. The number of carbonyl (C=O) groups excluding carboxylic acids is 2. The van der Waals surface area contributed by atoms with Crippen molar-refractivity contribution in [3.8, 4) is 11.5 Å². The van der Waals surface area contributed by atoms with Gasteiger partial charge in [-0.3, -0.25) is 9.59 Å². The summed E-state index contributed by atoms with van der Waals surface area (Å²) < 4.78 is 11.9. The standard InChI is InChI=1S/C29H38N2O4/c1-20-8-11-27(18-21(20)2)35-26-14-16-30(17-15-26)29(33)24-9-12-25(13-10-24)34-19-28(32)31-22(3)6-5-7-23(31)4/h8-13,18,22-23,26H,5-7,14-17,19H2,1-4H3. The molecule has 0 aliphatic carbocycles. The summed E-state index contributed by atoms with van der Waals surface area (Å²) in [7, 11) is 0. The number of hydrogen-bond acceptors (Lipinski definition) is 4. The molecule has 6 heteroatoms. The van der Waals surface area contributed by atoms with Gasteiger partial charge in [0.2, 0.25) is 0 Å². The monoisotopic (exact) mass is 478 g/mol. The molecule has 0 N–H and O–H groups in total. The Balaban J connectivity index is 1.25. The molecule has 2 fully saturated rings. The van der Waals surface area contributed by atoms with Crippen LogP contribution in [0.2, 0.25) is 0 Å². The molecule has 0 aromatic heterocycles. The fourth-order valence-corrected chi connectivity index (χ4v) is 5.17. The van der Waals surface area contributed by atoms with Crippen molar-refractivity contribution in [1.29, 1.82) is 0 Å². The molecule has 0 bridgehead atoms. The molecule has 0 saturated carbocycles. The van der Waals surface area contributed by atoms with Crippen molar-refractivity contribution in [3.63, 3.8) is 0 Å². The number of piperidine rings is 2. The lowest BCUT2D eigenvalue weighted by molar-refractivity contribution is -0.139. The highest BCUT2D eigenvalue weighted by atomic mass is 16.5. The minimum Gasteiger partial charge on any atom is -0.490 e. The van der Waals surface area contributed by atoms with Crippen LogP contribution in [-0.2, 0) is 4.79 Å². The van der Waals surface area contributed by atoms with Crippen molar-refractivity contribution in [1.82, 2.24) is 9.80 Å². The third-order valence-electron chi connectivity index (χ3n) is 7.46. The number of nitrogens with zero attached hydrogens (tertiary/aromatic N) is 2. The maximum Gasteiger partial charge on any atom is 0.260 e. The summed E-state index contributed by atoms with van der Waals surface area (Å²) in [6, 6.07) is 13.8. The van der Waals surface area contributed by atoms with Crippen LogP contribution in [0, 0.1) is 13.8 Å². The molecule has 2 amide bonds. The lowest BCUT2D eigenvalue weighted by atomic mass is 9.97. The summed E-state index contributed by atoms with van der Waals surface area (Å²) in [6.45, 7) is 9.76. The van der Waals surface area contributed by atoms with Gasteiger partial charge in [0.25, 0.3) is 11.8 Å². The third-order valence-corrected chi connectivity index (χ3v) is 7.46. The van der Waals surface area contributed by atoms with Gasteiger partial charge in [-0.15, -0.1) is 0 Å². The van der Waals surface area contributed by atoms with Crippen LogP contribution in [0.3, 0.4) is 0 Å². The second kappa shape index (κ2) is 11.1. The number of carbonyl (C=O) groups is 2. The Morgan fingerprint density at radius 1 is 0.857 bits per heavy atom. The van der Waals surface area contributed by atoms with Gasteiger partial charge in [-0.25, -0.2) is 0 Å². The molecule has 6 nitrogen and oxygen atoms in total. The van der Waals surface area contributed by atoms with E-state index in [4.69, 9.17) is 9.47 Å². The molecule has 2 heterocycles. The van der Waals surface area contributed by atoms with Gasteiger partial charge in [0.05, 0.1) is 0 Å². The Labute approximate surface area is 209 Å². The Hall–Kier alpha value is -3.02. The van der Waals surface area contributed by atoms with E-state index in [9.17, 15) is 9.59 Å². The van der Waals surface area contributed by atoms with E-state index in [1.165, 1.54) is 17.5 Å². The van der Waals surface area contributed by atoms with E-state index in [1.807, 2.05) is 15.9 Å². The second-order valence-electron chi connectivity index (χ2n) is 10.1. The van der Waals surface area contributed by atoms with Gasteiger partial charge in [-0.2, -0.15) is 0 Å². The van der Waals surface area contributed by atoms with Crippen LogP contribution >= 0.6 is 0 Å². The van der Waals surface area contributed by atoms with E-state index >= 15 is 0 Å². The number of hydrogen-bond donors (Lipinski definition) is 0. The number of benzene rings is 2. The van der Waals surface area contributed by atoms with Gasteiger partial charge in [0.1, 0.15) is 17.6 Å². The van der Waals surface area contributed by atoms with Gasteiger partial charge in [0, 0.05) is 43.6 Å². The van der Waals surface area contributed by atoms with Crippen LogP contribution in [-0.4, -0.2) is 59.5 Å². The zero-order chi connectivity index (χ0) is 24.9. The highest BCUT2D eigenvalue weighted by Gasteiger charge is 2.29. The molecule has 2 aromatic rings. The highest BCUT2D eigenvalue weighted by molar-refractivity contribution is 5.94. The molecule has 2 atom stereocenters. The fraction of sp³-hybridized carbons (Fsp3) is 0.517. The molecule has 2 aromatic carbocycles. The topological polar surface area (TPSA) is 59.1 Å². The van der Waals surface area contributed by atoms with Crippen molar-refractivity contribution in [2.24, 2.45) is 0 Å². The largest absolute Gasteiger partial charge is 0.490 e. The van der Waals surface area contributed by atoms with Crippen molar-refractivity contribution >= 4 is 11.8 Å². The zero-order valence-corrected chi connectivity index (χ0v) is 21.5. The Morgan fingerprint density at radius 2 is 1.49 bits per heavy atom.